The fourth-order valence-electron chi connectivity index (χ4n) is 3.23. The Bertz CT molecular complexity index is 525. The number of benzene rings is 1. The molecule has 1 atom stereocenters. The van der Waals surface area contributed by atoms with Gasteiger partial charge in [-0.2, -0.15) is 0 Å². The lowest BCUT2D eigenvalue weighted by Crippen LogP contribution is -2.36. The predicted octanol–water partition coefficient (Wildman–Crippen LogP) is 3.50. The highest BCUT2D eigenvalue weighted by atomic mass is 16.2. The van der Waals surface area contributed by atoms with Crippen molar-refractivity contribution in [2.45, 2.75) is 45.2 Å². The molecule has 1 fully saturated rings. The van der Waals surface area contributed by atoms with Crippen molar-refractivity contribution < 1.29 is 4.79 Å². The molecule has 1 saturated carbocycles. The van der Waals surface area contributed by atoms with E-state index in [9.17, 15) is 4.79 Å². The number of amides is 2. The summed E-state index contributed by atoms with van der Waals surface area (Å²) < 4.78 is 0. The Hall–Kier alpha value is -1.55. The Balaban J connectivity index is 1.83. The van der Waals surface area contributed by atoms with Crippen LogP contribution < -0.4 is 10.6 Å². The van der Waals surface area contributed by atoms with Gasteiger partial charge in [-0.25, -0.2) is 4.79 Å². The van der Waals surface area contributed by atoms with Crippen molar-refractivity contribution in [1.82, 2.24) is 10.2 Å². The maximum absolute atomic E-state index is 11.7. The minimum atomic E-state index is -0.0186. The van der Waals surface area contributed by atoms with E-state index in [0.29, 0.717) is 12.6 Å². The van der Waals surface area contributed by atoms with E-state index in [4.69, 9.17) is 0 Å². The molecule has 4 nitrogen and oxygen atoms in total. The molecule has 114 valence electrons. The van der Waals surface area contributed by atoms with Crippen molar-refractivity contribution in [1.29, 1.82) is 0 Å². The molecule has 2 aliphatic rings. The van der Waals surface area contributed by atoms with Gasteiger partial charge in [0.15, 0.2) is 0 Å². The first-order valence-electron chi connectivity index (χ1n) is 8.07. The van der Waals surface area contributed by atoms with E-state index in [1.807, 2.05) is 7.05 Å². The predicted molar refractivity (Wildman–Crippen MR) is 85.3 cm³/mol. The van der Waals surface area contributed by atoms with Crippen molar-refractivity contribution in [3.05, 3.63) is 29.3 Å². The average Bonchev–Trinajstić information content (AvgIpc) is 2.42. The van der Waals surface area contributed by atoms with Crippen LogP contribution in [-0.2, 0) is 6.54 Å². The molecule has 0 radical (unpaired) electrons. The molecular formula is C17H25N3O. The van der Waals surface area contributed by atoms with Crippen molar-refractivity contribution in [2.24, 2.45) is 5.92 Å². The zero-order valence-corrected chi connectivity index (χ0v) is 13.0. The van der Waals surface area contributed by atoms with Crippen molar-refractivity contribution >= 4 is 11.7 Å². The van der Waals surface area contributed by atoms with E-state index in [1.54, 1.807) is 4.90 Å². The topological polar surface area (TPSA) is 44.4 Å². The van der Waals surface area contributed by atoms with E-state index < -0.39 is 0 Å². The third-order valence-electron chi connectivity index (χ3n) is 4.72. The van der Waals surface area contributed by atoms with E-state index in [1.165, 1.54) is 30.4 Å². The lowest BCUT2D eigenvalue weighted by molar-refractivity contribution is 0.218. The van der Waals surface area contributed by atoms with Crippen LogP contribution >= 0.6 is 0 Å². The zero-order chi connectivity index (χ0) is 14.8. The highest BCUT2D eigenvalue weighted by Crippen LogP contribution is 2.39. The summed E-state index contributed by atoms with van der Waals surface area (Å²) in [6.45, 7) is 3.97. The smallest absolute Gasteiger partial charge is 0.321 e. The van der Waals surface area contributed by atoms with Gasteiger partial charge in [-0.05, 0) is 48.9 Å². The van der Waals surface area contributed by atoms with Gasteiger partial charge in [0.25, 0.3) is 0 Å². The van der Waals surface area contributed by atoms with E-state index in [2.05, 4.69) is 35.8 Å². The van der Waals surface area contributed by atoms with Gasteiger partial charge in [-0.15, -0.1) is 0 Å². The first-order valence-corrected chi connectivity index (χ1v) is 8.07. The lowest BCUT2D eigenvalue weighted by Gasteiger charge is -2.36. The highest BCUT2D eigenvalue weighted by molar-refractivity contribution is 5.92. The Labute approximate surface area is 126 Å². The van der Waals surface area contributed by atoms with Crippen LogP contribution in [0.3, 0.4) is 0 Å². The van der Waals surface area contributed by atoms with Gasteiger partial charge in [0.1, 0.15) is 0 Å². The molecule has 2 N–H and O–H groups in total. The van der Waals surface area contributed by atoms with Crippen LogP contribution in [0.15, 0.2) is 18.2 Å². The van der Waals surface area contributed by atoms with Crippen molar-refractivity contribution in [3.8, 4) is 0 Å². The van der Waals surface area contributed by atoms with Crippen LogP contribution in [0.1, 0.15) is 49.8 Å². The fraction of sp³-hybridized carbons (Fsp3) is 0.588. The molecule has 2 amide bonds. The first-order chi connectivity index (χ1) is 10.2. The molecule has 1 aromatic rings. The van der Waals surface area contributed by atoms with Gasteiger partial charge < -0.3 is 15.5 Å². The van der Waals surface area contributed by atoms with Crippen molar-refractivity contribution in [3.63, 3.8) is 0 Å². The molecular weight excluding hydrogens is 262 g/mol. The highest BCUT2D eigenvalue weighted by Gasteiger charge is 2.29. The monoisotopic (exact) mass is 287 g/mol. The summed E-state index contributed by atoms with van der Waals surface area (Å²) in [6.07, 6.45) is 5.18. The second-order valence-corrected chi connectivity index (χ2v) is 6.33. The van der Waals surface area contributed by atoms with Crippen LogP contribution in [0.2, 0.25) is 0 Å². The molecule has 1 unspecified atom stereocenters. The number of hydrogen-bond acceptors (Lipinski definition) is 2. The van der Waals surface area contributed by atoms with Gasteiger partial charge in [-0.1, -0.05) is 25.5 Å². The maximum Gasteiger partial charge on any atom is 0.321 e. The van der Waals surface area contributed by atoms with Crippen LogP contribution in [0, 0.1) is 5.92 Å². The summed E-state index contributed by atoms with van der Waals surface area (Å²) in [6, 6.07) is 6.96. The third-order valence-corrected chi connectivity index (χ3v) is 4.72. The largest absolute Gasteiger partial charge is 0.323 e. The minimum Gasteiger partial charge on any atom is -0.323 e. The summed E-state index contributed by atoms with van der Waals surface area (Å²) >= 11 is 0. The van der Waals surface area contributed by atoms with Crippen molar-refractivity contribution in [2.75, 3.05) is 18.9 Å². The van der Waals surface area contributed by atoms with Crippen LogP contribution in [0.4, 0.5) is 10.5 Å². The number of nitrogens with zero attached hydrogens (tertiary/aromatic N) is 1. The molecule has 3 rings (SSSR count). The van der Waals surface area contributed by atoms with Gasteiger partial charge in [-0.3, -0.25) is 0 Å². The number of fused-ring (bicyclic) bond motifs is 1. The lowest BCUT2D eigenvalue weighted by atomic mass is 9.77. The third kappa shape index (κ3) is 2.91. The number of anilines is 1. The number of carbonyl (C=O) groups is 1. The van der Waals surface area contributed by atoms with Gasteiger partial charge in [0.05, 0.1) is 0 Å². The molecule has 0 saturated heterocycles. The molecule has 4 heteroatoms. The molecule has 21 heavy (non-hydrogen) atoms. The fourth-order valence-corrected chi connectivity index (χ4v) is 3.23. The molecule has 1 heterocycles. The summed E-state index contributed by atoms with van der Waals surface area (Å²) in [5.74, 6) is 0.769. The summed E-state index contributed by atoms with van der Waals surface area (Å²) in [4.78, 5) is 13.4. The zero-order valence-electron chi connectivity index (χ0n) is 13.0. The van der Waals surface area contributed by atoms with Gasteiger partial charge in [0.2, 0.25) is 0 Å². The Kier molecular flexibility index (Phi) is 4.15. The van der Waals surface area contributed by atoms with Gasteiger partial charge in [0, 0.05) is 25.3 Å². The second kappa shape index (κ2) is 6.06. The SMILES string of the molecule is CCCNC(c1ccc2c(c1)CN(C)C(=O)N2)C1CCC1. The molecule has 0 spiro atoms. The maximum atomic E-state index is 11.7. The van der Waals surface area contributed by atoms with Crippen LogP contribution in [0.5, 0.6) is 0 Å². The summed E-state index contributed by atoms with van der Waals surface area (Å²) in [5.41, 5.74) is 3.55. The van der Waals surface area contributed by atoms with Crippen LogP contribution in [0.25, 0.3) is 0 Å². The molecule has 1 aliphatic heterocycles. The molecule has 1 aliphatic carbocycles. The molecule has 0 aromatic heterocycles. The quantitative estimate of drug-likeness (QED) is 0.870. The molecule has 1 aromatic carbocycles. The average molecular weight is 287 g/mol. The number of rotatable bonds is 5. The Morgan fingerprint density at radius 3 is 2.90 bits per heavy atom. The van der Waals surface area contributed by atoms with Crippen LogP contribution in [-0.4, -0.2) is 24.5 Å². The number of hydrogen-bond donors (Lipinski definition) is 2. The Morgan fingerprint density at radius 2 is 2.24 bits per heavy atom. The molecule has 0 bridgehead atoms. The Morgan fingerprint density at radius 1 is 1.43 bits per heavy atom. The first kappa shape index (κ1) is 14.4. The van der Waals surface area contributed by atoms with E-state index in [-0.39, 0.29) is 6.03 Å². The van der Waals surface area contributed by atoms with E-state index >= 15 is 0 Å². The number of nitrogens with one attached hydrogen (secondary N) is 2. The van der Waals surface area contributed by atoms with Gasteiger partial charge >= 0.3 is 6.03 Å². The number of carbonyl (C=O) groups excluding carboxylic acids is 1. The standard InChI is InChI=1S/C17H25N3O/c1-3-9-18-16(12-5-4-6-12)13-7-8-15-14(10-13)11-20(2)17(21)19-15/h7-8,10,12,16,18H,3-6,9,11H2,1-2H3,(H,19,21). The normalized spacial score (nSPS) is 19.7. The summed E-state index contributed by atoms with van der Waals surface area (Å²) in [5, 5.41) is 6.66. The minimum absolute atomic E-state index is 0.0186. The van der Waals surface area contributed by atoms with E-state index in [0.717, 1.165) is 24.6 Å². The number of urea groups is 1. The summed E-state index contributed by atoms with van der Waals surface area (Å²) in [7, 11) is 1.84. The second-order valence-electron chi connectivity index (χ2n) is 6.33.